The number of likely N-dealkylation sites (tertiary alicyclic amines) is 1. The zero-order valence-corrected chi connectivity index (χ0v) is 10.9. The van der Waals surface area contributed by atoms with E-state index < -0.39 is 0 Å². The van der Waals surface area contributed by atoms with Crippen LogP contribution in [0.3, 0.4) is 0 Å². The summed E-state index contributed by atoms with van der Waals surface area (Å²) in [6.07, 6.45) is 1.73. The molecule has 5 heteroatoms. The van der Waals surface area contributed by atoms with Gasteiger partial charge in [0.1, 0.15) is 0 Å². The number of carbonyl (C=O) groups is 1. The molecule has 98 valence electrons. The van der Waals surface area contributed by atoms with Gasteiger partial charge in [0.15, 0.2) is 0 Å². The van der Waals surface area contributed by atoms with Crippen molar-refractivity contribution < 1.29 is 9.90 Å². The number of hydrogen-bond acceptors (Lipinski definition) is 2. The van der Waals surface area contributed by atoms with E-state index in [0.717, 1.165) is 18.5 Å². The van der Waals surface area contributed by atoms with Gasteiger partial charge in [0, 0.05) is 30.4 Å². The highest BCUT2D eigenvalue weighted by molar-refractivity contribution is 6.30. The highest BCUT2D eigenvalue weighted by atomic mass is 35.5. The van der Waals surface area contributed by atoms with Gasteiger partial charge in [-0.15, -0.1) is 0 Å². The average molecular weight is 269 g/mol. The van der Waals surface area contributed by atoms with Crippen LogP contribution in [0.25, 0.3) is 0 Å². The van der Waals surface area contributed by atoms with Crippen molar-refractivity contribution in [1.82, 2.24) is 4.90 Å². The molecule has 4 nitrogen and oxygen atoms in total. The second-order valence-corrected chi connectivity index (χ2v) is 4.99. The number of halogens is 1. The van der Waals surface area contributed by atoms with E-state index >= 15 is 0 Å². The van der Waals surface area contributed by atoms with Gasteiger partial charge in [-0.1, -0.05) is 11.6 Å². The van der Waals surface area contributed by atoms with Crippen LogP contribution < -0.4 is 5.32 Å². The first-order chi connectivity index (χ1) is 8.69. The number of nitrogens with one attached hydrogen (secondary N) is 1. The Kier molecular flexibility index (Phi) is 4.44. The second-order valence-electron chi connectivity index (χ2n) is 4.55. The van der Waals surface area contributed by atoms with Crippen molar-refractivity contribution in [3.63, 3.8) is 0 Å². The van der Waals surface area contributed by atoms with Gasteiger partial charge in [-0.2, -0.15) is 0 Å². The molecule has 2 amide bonds. The van der Waals surface area contributed by atoms with E-state index in [1.54, 1.807) is 29.2 Å². The molecule has 2 rings (SSSR count). The van der Waals surface area contributed by atoms with E-state index in [-0.39, 0.29) is 12.6 Å². The summed E-state index contributed by atoms with van der Waals surface area (Å²) in [7, 11) is 0. The summed E-state index contributed by atoms with van der Waals surface area (Å²) in [5, 5.41) is 12.5. The van der Waals surface area contributed by atoms with Gasteiger partial charge in [-0.3, -0.25) is 0 Å². The molecule has 1 fully saturated rings. The Labute approximate surface area is 112 Å². The first kappa shape index (κ1) is 13.2. The van der Waals surface area contributed by atoms with Crippen LogP contribution in [0.5, 0.6) is 0 Å². The van der Waals surface area contributed by atoms with Gasteiger partial charge < -0.3 is 15.3 Å². The highest BCUT2D eigenvalue weighted by Gasteiger charge is 2.22. The Balaban J connectivity index is 1.87. The van der Waals surface area contributed by atoms with E-state index in [0.29, 0.717) is 24.0 Å². The Morgan fingerprint density at radius 1 is 1.33 bits per heavy atom. The molecule has 0 spiro atoms. The minimum atomic E-state index is -0.0892. The topological polar surface area (TPSA) is 52.6 Å². The number of amides is 2. The third-order valence-corrected chi connectivity index (χ3v) is 3.51. The molecule has 0 bridgehead atoms. The predicted octanol–water partition coefficient (Wildman–Crippen LogP) is 2.58. The third kappa shape index (κ3) is 3.37. The Morgan fingerprint density at radius 2 is 1.94 bits per heavy atom. The van der Waals surface area contributed by atoms with Crippen molar-refractivity contribution in [3.05, 3.63) is 29.3 Å². The molecule has 1 aromatic carbocycles. The molecule has 2 N–H and O–H groups in total. The fourth-order valence-electron chi connectivity index (χ4n) is 2.05. The first-order valence-corrected chi connectivity index (χ1v) is 6.49. The number of carbonyl (C=O) groups excluding carboxylic acids is 1. The lowest BCUT2D eigenvalue weighted by atomic mass is 9.98. The van der Waals surface area contributed by atoms with Crippen LogP contribution in [-0.2, 0) is 0 Å². The lowest BCUT2D eigenvalue weighted by Gasteiger charge is -2.31. The van der Waals surface area contributed by atoms with E-state index in [9.17, 15) is 4.79 Å². The lowest BCUT2D eigenvalue weighted by Crippen LogP contribution is -2.41. The number of urea groups is 1. The maximum Gasteiger partial charge on any atom is 0.321 e. The smallest absolute Gasteiger partial charge is 0.321 e. The first-order valence-electron chi connectivity index (χ1n) is 6.11. The molecule has 18 heavy (non-hydrogen) atoms. The van der Waals surface area contributed by atoms with Crippen molar-refractivity contribution in [2.45, 2.75) is 12.8 Å². The fraction of sp³-hybridized carbons (Fsp3) is 0.462. The number of nitrogens with zero attached hydrogens (tertiary/aromatic N) is 1. The zero-order chi connectivity index (χ0) is 13.0. The Bertz CT molecular complexity index is 400. The van der Waals surface area contributed by atoms with Gasteiger partial charge in [-0.05, 0) is 43.0 Å². The average Bonchev–Trinajstić information content (AvgIpc) is 2.41. The maximum atomic E-state index is 12.0. The van der Waals surface area contributed by atoms with Crippen LogP contribution in [0.4, 0.5) is 10.5 Å². The van der Waals surface area contributed by atoms with E-state index in [4.69, 9.17) is 16.7 Å². The summed E-state index contributed by atoms with van der Waals surface area (Å²) in [6, 6.07) is 6.96. The van der Waals surface area contributed by atoms with Crippen LogP contribution in [-0.4, -0.2) is 35.7 Å². The minimum Gasteiger partial charge on any atom is -0.396 e. The quantitative estimate of drug-likeness (QED) is 0.866. The Morgan fingerprint density at radius 3 is 2.50 bits per heavy atom. The fourth-order valence-corrected chi connectivity index (χ4v) is 2.18. The molecule has 1 heterocycles. The van der Waals surface area contributed by atoms with Gasteiger partial charge in [-0.25, -0.2) is 4.79 Å². The third-order valence-electron chi connectivity index (χ3n) is 3.26. The summed E-state index contributed by atoms with van der Waals surface area (Å²) in [5.74, 6) is 0.338. The standard InChI is InChI=1S/C13H17ClN2O2/c14-11-1-3-12(4-2-11)15-13(18)16-7-5-10(9-17)6-8-16/h1-4,10,17H,5-9H2,(H,15,18). The molecule has 0 radical (unpaired) electrons. The van der Waals surface area contributed by atoms with Crippen molar-refractivity contribution in [2.24, 2.45) is 5.92 Å². The molecule has 1 aliphatic heterocycles. The van der Waals surface area contributed by atoms with E-state index in [2.05, 4.69) is 5.32 Å². The zero-order valence-electron chi connectivity index (χ0n) is 10.1. The molecule has 0 aromatic heterocycles. The second kappa shape index (κ2) is 6.07. The predicted molar refractivity (Wildman–Crippen MR) is 71.9 cm³/mol. The number of aliphatic hydroxyl groups is 1. The summed E-state index contributed by atoms with van der Waals surface area (Å²) in [4.78, 5) is 13.7. The van der Waals surface area contributed by atoms with Crippen molar-refractivity contribution in [2.75, 3.05) is 25.0 Å². The van der Waals surface area contributed by atoms with Crippen LogP contribution in [0, 0.1) is 5.92 Å². The van der Waals surface area contributed by atoms with Crippen LogP contribution in [0.15, 0.2) is 24.3 Å². The normalized spacial score (nSPS) is 16.7. The van der Waals surface area contributed by atoms with Crippen molar-refractivity contribution in [1.29, 1.82) is 0 Å². The maximum absolute atomic E-state index is 12.0. The number of aliphatic hydroxyl groups excluding tert-OH is 1. The molecular weight excluding hydrogens is 252 g/mol. The molecule has 1 aromatic rings. The highest BCUT2D eigenvalue weighted by Crippen LogP contribution is 2.18. The number of piperidine rings is 1. The molecule has 0 saturated carbocycles. The summed E-state index contributed by atoms with van der Waals surface area (Å²) >= 11 is 5.78. The molecule has 0 atom stereocenters. The van der Waals surface area contributed by atoms with Gasteiger partial charge in [0.2, 0.25) is 0 Å². The van der Waals surface area contributed by atoms with Gasteiger partial charge in [0.25, 0.3) is 0 Å². The van der Waals surface area contributed by atoms with Crippen molar-refractivity contribution in [3.8, 4) is 0 Å². The number of anilines is 1. The van der Waals surface area contributed by atoms with Gasteiger partial charge >= 0.3 is 6.03 Å². The molecule has 0 aliphatic carbocycles. The largest absolute Gasteiger partial charge is 0.396 e. The molecule has 1 saturated heterocycles. The number of hydrogen-bond donors (Lipinski definition) is 2. The van der Waals surface area contributed by atoms with Gasteiger partial charge in [0.05, 0.1) is 0 Å². The van der Waals surface area contributed by atoms with Crippen LogP contribution in [0.1, 0.15) is 12.8 Å². The molecular formula is C13H17ClN2O2. The Hall–Kier alpha value is -1.26. The summed E-state index contributed by atoms with van der Waals surface area (Å²) < 4.78 is 0. The van der Waals surface area contributed by atoms with Crippen LogP contribution in [0.2, 0.25) is 5.02 Å². The lowest BCUT2D eigenvalue weighted by molar-refractivity contribution is 0.143. The molecule has 0 unspecified atom stereocenters. The van der Waals surface area contributed by atoms with Crippen molar-refractivity contribution >= 4 is 23.3 Å². The SMILES string of the molecule is O=C(Nc1ccc(Cl)cc1)N1CCC(CO)CC1. The number of benzene rings is 1. The molecule has 1 aliphatic rings. The van der Waals surface area contributed by atoms with E-state index in [1.807, 2.05) is 0 Å². The van der Waals surface area contributed by atoms with Crippen LogP contribution >= 0.6 is 11.6 Å². The number of rotatable bonds is 2. The van der Waals surface area contributed by atoms with E-state index in [1.165, 1.54) is 0 Å². The summed E-state index contributed by atoms with van der Waals surface area (Å²) in [5.41, 5.74) is 0.744. The monoisotopic (exact) mass is 268 g/mol. The summed E-state index contributed by atoms with van der Waals surface area (Å²) in [6.45, 7) is 1.61. The minimum absolute atomic E-state index is 0.0892.